The van der Waals surface area contributed by atoms with E-state index in [1.807, 2.05) is 0 Å². The Kier molecular flexibility index (Phi) is 4.43. The van der Waals surface area contributed by atoms with Crippen molar-refractivity contribution in [2.24, 2.45) is 0 Å². The molecule has 0 aliphatic carbocycles. The Morgan fingerprint density at radius 1 is 1.06 bits per heavy atom. The largest absolute Gasteiger partial charge is 0.457 e. The highest BCUT2D eigenvalue weighted by atomic mass is 32.2. The molecule has 0 saturated carbocycles. The second-order valence-corrected chi connectivity index (χ2v) is 4.34. The summed E-state index contributed by atoms with van der Waals surface area (Å²) in [6, 6.07) is 0. The van der Waals surface area contributed by atoms with E-state index in [9.17, 15) is 34.8 Å². The highest BCUT2D eigenvalue weighted by Crippen LogP contribution is 2.44. The highest BCUT2D eigenvalue weighted by molar-refractivity contribution is 7.85. The van der Waals surface area contributed by atoms with Gasteiger partial charge in [-0.3, -0.25) is 4.55 Å². The molecule has 0 bridgehead atoms. The lowest BCUT2D eigenvalue weighted by molar-refractivity contribution is -0.448. The molecule has 2 N–H and O–H groups in total. The minimum atomic E-state index is -6.30. The van der Waals surface area contributed by atoms with Crippen molar-refractivity contribution in [2.45, 2.75) is 18.1 Å². The minimum absolute atomic E-state index is 1.55. The van der Waals surface area contributed by atoms with Crippen LogP contribution in [-0.4, -0.2) is 48.6 Å². The van der Waals surface area contributed by atoms with E-state index < -0.39 is 40.6 Å². The molecule has 0 saturated heterocycles. The molecule has 0 radical (unpaired) electrons. The first kappa shape index (κ1) is 16.4. The van der Waals surface area contributed by atoms with E-state index in [1.54, 1.807) is 0 Å². The van der Waals surface area contributed by atoms with Gasteiger partial charge in [-0.05, 0) is 0 Å². The van der Waals surface area contributed by atoms with Crippen LogP contribution in [0.25, 0.3) is 0 Å². The van der Waals surface area contributed by atoms with Gasteiger partial charge in [-0.1, -0.05) is 0 Å². The maximum atomic E-state index is 12.8. The summed E-state index contributed by atoms with van der Waals surface area (Å²) < 4.78 is 104. The molecular weight excluding hydrogens is 286 g/mol. The average molecular weight is 292 g/mol. The van der Waals surface area contributed by atoms with Crippen molar-refractivity contribution >= 4 is 10.1 Å². The zero-order valence-corrected chi connectivity index (χ0v) is 8.53. The van der Waals surface area contributed by atoms with E-state index in [4.69, 9.17) is 9.66 Å². The third kappa shape index (κ3) is 4.29. The Labute approximate surface area is 90.7 Å². The van der Waals surface area contributed by atoms with Crippen molar-refractivity contribution in [3.05, 3.63) is 0 Å². The van der Waals surface area contributed by atoms with Gasteiger partial charge in [0.25, 0.3) is 10.1 Å². The predicted octanol–water partition coefficient (Wildman–Crippen LogP) is 0.704. The van der Waals surface area contributed by atoms with Crippen molar-refractivity contribution in [3.8, 4) is 0 Å². The molecule has 17 heavy (non-hydrogen) atoms. The molecule has 0 aromatic heterocycles. The molecule has 0 aliphatic heterocycles. The number of aliphatic hydroxyl groups is 1. The van der Waals surface area contributed by atoms with Crippen molar-refractivity contribution in [2.75, 3.05) is 12.4 Å². The summed E-state index contributed by atoms with van der Waals surface area (Å²) in [7, 11) is -4.82. The van der Waals surface area contributed by atoms with Crippen LogP contribution < -0.4 is 0 Å². The maximum Gasteiger partial charge on any atom is 0.457 e. The van der Waals surface area contributed by atoms with Crippen LogP contribution in [0.2, 0.25) is 0 Å². The summed E-state index contributed by atoms with van der Waals surface area (Å²) in [5.74, 6) is -7.31. The number of hydrogen-bond donors (Lipinski definition) is 2. The first-order valence-corrected chi connectivity index (χ1v) is 5.26. The molecule has 0 spiro atoms. The van der Waals surface area contributed by atoms with E-state index in [-0.39, 0.29) is 0 Å². The van der Waals surface area contributed by atoms with Gasteiger partial charge in [-0.15, -0.1) is 0 Å². The number of ether oxygens (including phenoxy) is 1. The minimum Gasteiger partial charge on any atom is -0.331 e. The van der Waals surface area contributed by atoms with Gasteiger partial charge in [0, 0.05) is 0 Å². The van der Waals surface area contributed by atoms with Crippen LogP contribution in [0.1, 0.15) is 0 Å². The van der Waals surface area contributed by atoms with Crippen molar-refractivity contribution in [1.82, 2.24) is 0 Å². The van der Waals surface area contributed by atoms with Crippen LogP contribution in [0.3, 0.4) is 0 Å². The second-order valence-electron chi connectivity index (χ2n) is 2.77. The topological polar surface area (TPSA) is 83.8 Å². The van der Waals surface area contributed by atoms with Gasteiger partial charge in [0.1, 0.15) is 0 Å². The monoisotopic (exact) mass is 292 g/mol. The lowest BCUT2D eigenvalue weighted by Crippen LogP contribution is -2.57. The Balaban J connectivity index is 4.89. The lowest BCUT2D eigenvalue weighted by atomic mass is 10.3. The smallest absolute Gasteiger partial charge is 0.331 e. The van der Waals surface area contributed by atoms with E-state index in [0.717, 1.165) is 0 Å². The molecule has 0 rings (SSSR count). The predicted molar refractivity (Wildman–Crippen MR) is 39.4 cm³/mol. The Morgan fingerprint density at radius 3 is 1.71 bits per heavy atom. The third-order valence-corrected chi connectivity index (χ3v) is 2.08. The average Bonchev–Trinajstić information content (AvgIpc) is 1.96. The number of halogens is 6. The standard InChI is InChI=1S/C5H6F6O5S/c6-3(4(7,8)9,5(10,11)12)16-1-2-17(13,14)15/h12H,1-2H2,(H,13,14,15). The zero-order valence-electron chi connectivity index (χ0n) is 7.71. The molecule has 1 atom stereocenters. The summed E-state index contributed by atoms with van der Waals surface area (Å²) in [5, 5.41) is 7.74. The fraction of sp³-hybridized carbons (Fsp3) is 1.00. The first-order chi connectivity index (χ1) is 7.21. The van der Waals surface area contributed by atoms with Gasteiger partial charge in [-0.2, -0.15) is 34.8 Å². The van der Waals surface area contributed by atoms with Crippen LogP contribution in [0.5, 0.6) is 0 Å². The molecule has 104 valence electrons. The van der Waals surface area contributed by atoms with Gasteiger partial charge in [0.2, 0.25) is 0 Å². The van der Waals surface area contributed by atoms with Gasteiger partial charge >= 0.3 is 18.1 Å². The van der Waals surface area contributed by atoms with Gasteiger partial charge in [-0.25, -0.2) is 0 Å². The molecule has 0 heterocycles. The summed E-state index contributed by atoms with van der Waals surface area (Å²) >= 11 is 0. The van der Waals surface area contributed by atoms with Crippen molar-refractivity contribution in [3.63, 3.8) is 0 Å². The molecule has 0 amide bonds. The second kappa shape index (κ2) is 4.59. The Morgan fingerprint density at radius 2 is 1.47 bits per heavy atom. The molecule has 12 heteroatoms. The van der Waals surface area contributed by atoms with E-state index in [2.05, 4.69) is 4.74 Å². The SMILES string of the molecule is O=S(=O)(O)CCOC(F)(C(O)(F)F)C(F)(F)F. The van der Waals surface area contributed by atoms with Gasteiger partial charge in [0.15, 0.2) is 0 Å². The lowest BCUT2D eigenvalue weighted by Gasteiger charge is -2.30. The molecule has 1 unspecified atom stereocenters. The highest BCUT2D eigenvalue weighted by Gasteiger charge is 2.73. The van der Waals surface area contributed by atoms with Gasteiger partial charge < -0.3 is 9.84 Å². The number of alkyl halides is 6. The molecule has 0 aliphatic rings. The quantitative estimate of drug-likeness (QED) is 0.576. The maximum absolute atomic E-state index is 12.8. The summed E-state index contributed by atoms with van der Waals surface area (Å²) in [4.78, 5) is 0. The molecule has 5 nitrogen and oxygen atoms in total. The van der Waals surface area contributed by atoms with Gasteiger partial charge in [0.05, 0.1) is 12.4 Å². The van der Waals surface area contributed by atoms with E-state index >= 15 is 0 Å². The van der Waals surface area contributed by atoms with Crippen LogP contribution in [-0.2, 0) is 14.9 Å². The molecule has 0 aromatic rings. The molecule has 0 aromatic carbocycles. The van der Waals surface area contributed by atoms with Crippen LogP contribution >= 0.6 is 0 Å². The van der Waals surface area contributed by atoms with Crippen molar-refractivity contribution < 1.29 is 49.2 Å². The Hall–Kier alpha value is -0.590. The summed E-state index contributed by atoms with van der Waals surface area (Å²) in [6.45, 7) is -1.73. The number of hydrogen-bond acceptors (Lipinski definition) is 4. The normalized spacial score (nSPS) is 17.9. The van der Waals surface area contributed by atoms with E-state index in [0.29, 0.717) is 0 Å². The fourth-order valence-electron chi connectivity index (χ4n) is 0.627. The summed E-state index contributed by atoms with van der Waals surface area (Å²) in [6.07, 6.45) is -12.2. The molecule has 0 fully saturated rings. The number of rotatable bonds is 5. The fourth-order valence-corrected chi connectivity index (χ4v) is 0.921. The van der Waals surface area contributed by atoms with Crippen molar-refractivity contribution in [1.29, 1.82) is 0 Å². The zero-order chi connectivity index (χ0) is 14.1. The van der Waals surface area contributed by atoms with Crippen LogP contribution in [0.15, 0.2) is 0 Å². The Bertz CT molecular complexity index is 342. The summed E-state index contributed by atoms with van der Waals surface area (Å²) in [5.41, 5.74) is 0. The first-order valence-electron chi connectivity index (χ1n) is 3.65. The molecular formula is C5H6F6O5S. The van der Waals surface area contributed by atoms with E-state index in [1.165, 1.54) is 0 Å². The van der Waals surface area contributed by atoms with Crippen LogP contribution in [0.4, 0.5) is 26.3 Å². The van der Waals surface area contributed by atoms with Crippen LogP contribution in [0, 0.1) is 0 Å². The third-order valence-electron chi connectivity index (χ3n) is 1.39.